The van der Waals surface area contributed by atoms with Gasteiger partial charge in [-0.05, 0) is 24.0 Å². The Kier molecular flexibility index (Phi) is 2.82. The summed E-state index contributed by atoms with van der Waals surface area (Å²) in [5.41, 5.74) is 2.34. The minimum Gasteiger partial charge on any atom is -0.390 e. The highest BCUT2D eigenvalue weighted by atomic mass is 16.5. The summed E-state index contributed by atoms with van der Waals surface area (Å²) >= 11 is 0. The zero-order valence-electron chi connectivity index (χ0n) is 11.5. The normalized spacial score (nSPS) is 23.9. The number of carbonyl (C=O) groups is 1. The van der Waals surface area contributed by atoms with Gasteiger partial charge in [0.15, 0.2) is 5.69 Å². The second-order valence-electron chi connectivity index (χ2n) is 5.81. The topological polar surface area (TPSA) is 75.4 Å². The number of hydrogen-bond acceptors (Lipinski definition) is 4. The van der Waals surface area contributed by atoms with Crippen LogP contribution >= 0.6 is 0 Å². The summed E-state index contributed by atoms with van der Waals surface area (Å²) in [7, 11) is 0. The molecule has 2 N–H and O–H groups in total. The number of amides is 1. The molecule has 0 unspecified atom stereocenters. The van der Waals surface area contributed by atoms with E-state index in [0.717, 1.165) is 29.7 Å². The molecule has 108 valence electrons. The summed E-state index contributed by atoms with van der Waals surface area (Å²) in [5, 5.41) is 16.8. The van der Waals surface area contributed by atoms with Crippen LogP contribution in [0.2, 0.25) is 0 Å². The molecule has 2 aliphatic carbocycles. The summed E-state index contributed by atoms with van der Waals surface area (Å²) in [6.45, 7) is 0. The van der Waals surface area contributed by atoms with Gasteiger partial charge in [-0.2, -0.15) is 0 Å². The lowest BCUT2D eigenvalue weighted by Gasteiger charge is -2.16. The van der Waals surface area contributed by atoms with Crippen LogP contribution in [0.1, 0.15) is 52.2 Å². The lowest BCUT2D eigenvalue weighted by atomic mass is 10.1. The fourth-order valence-corrected chi connectivity index (χ4v) is 2.92. The van der Waals surface area contributed by atoms with Crippen molar-refractivity contribution in [3.8, 4) is 0 Å². The largest absolute Gasteiger partial charge is 0.390 e. The maximum atomic E-state index is 12.3. The molecule has 0 saturated heterocycles. The van der Waals surface area contributed by atoms with Crippen LogP contribution in [0.25, 0.3) is 0 Å². The Hall–Kier alpha value is -2.14. The van der Waals surface area contributed by atoms with Gasteiger partial charge in [-0.3, -0.25) is 4.79 Å². The molecule has 2 aliphatic rings. The van der Waals surface area contributed by atoms with E-state index >= 15 is 0 Å². The van der Waals surface area contributed by atoms with E-state index in [1.165, 1.54) is 0 Å². The number of benzene rings is 1. The predicted molar refractivity (Wildman–Crippen MR) is 74.8 cm³/mol. The number of fused-ring (bicyclic) bond motifs is 1. The van der Waals surface area contributed by atoms with E-state index in [1.807, 2.05) is 24.3 Å². The molecule has 1 aromatic carbocycles. The molecule has 4 rings (SSSR count). The van der Waals surface area contributed by atoms with E-state index in [0.29, 0.717) is 12.3 Å². The fourth-order valence-electron chi connectivity index (χ4n) is 2.92. The van der Waals surface area contributed by atoms with Crippen molar-refractivity contribution in [1.29, 1.82) is 0 Å². The van der Waals surface area contributed by atoms with Gasteiger partial charge in [0.25, 0.3) is 5.91 Å². The van der Waals surface area contributed by atoms with Crippen molar-refractivity contribution in [2.24, 2.45) is 0 Å². The van der Waals surface area contributed by atoms with Gasteiger partial charge in [0.2, 0.25) is 0 Å². The number of aromatic nitrogens is 1. The fraction of sp³-hybridized carbons (Fsp3) is 0.375. The van der Waals surface area contributed by atoms with Gasteiger partial charge in [0.1, 0.15) is 5.76 Å². The first-order valence-electron chi connectivity index (χ1n) is 7.25. The van der Waals surface area contributed by atoms with Gasteiger partial charge in [-0.15, -0.1) is 0 Å². The van der Waals surface area contributed by atoms with Crippen LogP contribution in [0.4, 0.5) is 0 Å². The van der Waals surface area contributed by atoms with Gasteiger partial charge in [0.05, 0.1) is 12.1 Å². The van der Waals surface area contributed by atoms with Crippen LogP contribution in [0, 0.1) is 0 Å². The Bertz CT molecular complexity index is 690. The van der Waals surface area contributed by atoms with Gasteiger partial charge in [0, 0.05) is 18.4 Å². The molecule has 1 heterocycles. The van der Waals surface area contributed by atoms with Crippen LogP contribution < -0.4 is 5.32 Å². The number of carbonyl (C=O) groups excluding carboxylic acids is 1. The van der Waals surface area contributed by atoms with E-state index in [9.17, 15) is 9.90 Å². The van der Waals surface area contributed by atoms with Gasteiger partial charge in [-0.1, -0.05) is 29.4 Å². The Balaban J connectivity index is 1.53. The van der Waals surface area contributed by atoms with Crippen molar-refractivity contribution in [2.45, 2.75) is 37.3 Å². The molecule has 0 bridgehead atoms. The van der Waals surface area contributed by atoms with E-state index in [2.05, 4.69) is 10.5 Å². The zero-order valence-corrected chi connectivity index (χ0v) is 11.5. The monoisotopic (exact) mass is 284 g/mol. The van der Waals surface area contributed by atoms with Gasteiger partial charge in [-0.25, -0.2) is 0 Å². The van der Waals surface area contributed by atoms with Crippen molar-refractivity contribution >= 4 is 5.91 Å². The van der Waals surface area contributed by atoms with Gasteiger partial charge >= 0.3 is 0 Å². The molecule has 2 atom stereocenters. The van der Waals surface area contributed by atoms with Gasteiger partial charge < -0.3 is 14.9 Å². The lowest BCUT2D eigenvalue weighted by molar-refractivity contribution is 0.0849. The second kappa shape index (κ2) is 4.70. The summed E-state index contributed by atoms with van der Waals surface area (Å²) in [6, 6.07) is 9.10. The third-order valence-corrected chi connectivity index (χ3v) is 4.23. The minimum atomic E-state index is -0.596. The number of hydrogen-bond donors (Lipinski definition) is 2. The van der Waals surface area contributed by atoms with Crippen molar-refractivity contribution in [2.75, 3.05) is 0 Å². The molecule has 0 aliphatic heterocycles. The second-order valence-corrected chi connectivity index (χ2v) is 5.81. The molecule has 1 aromatic heterocycles. The van der Waals surface area contributed by atoms with Crippen LogP contribution in [0.5, 0.6) is 0 Å². The maximum Gasteiger partial charge on any atom is 0.274 e. The molecular formula is C16H16N2O3. The number of aliphatic hydroxyl groups is 1. The van der Waals surface area contributed by atoms with Crippen molar-refractivity contribution in [3.05, 3.63) is 52.9 Å². The third-order valence-electron chi connectivity index (χ3n) is 4.23. The summed E-state index contributed by atoms with van der Waals surface area (Å²) in [5.74, 6) is 0.913. The molecule has 0 spiro atoms. The van der Waals surface area contributed by atoms with Crippen molar-refractivity contribution < 1.29 is 14.4 Å². The van der Waals surface area contributed by atoms with Crippen LogP contribution in [-0.4, -0.2) is 22.3 Å². The minimum absolute atomic E-state index is 0.286. The third kappa shape index (κ3) is 2.23. The molecular weight excluding hydrogens is 268 g/mol. The summed E-state index contributed by atoms with van der Waals surface area (Å²) in [4.78, 5) is 12.3. The molecule has 21 heavy (non-hydrogen) atoms. The SMILES string of the molecule is O=C(N[C@@H]1c2ccccc2C[C@@H]1O)c1cc(C2CC2)on1. The summed E-state index contributed by atoms with van der Waals surface area (Å²) < 4.78 is 5.20. The quantitative estimate of drug-likeness (QED) is 0.903. The van der Waals surface area contributed by atoms with E-state index in [1.54, 1.807) is 6.07 Å². The molecule has 0 radical (unpaired) electrons. The Labute approximate surface area is 122 Å². The highest BCUT2D eigenvalue weighted by Gasteiger charge is 2.33. The van der Waals surface area contributed by atoms with Crippen LogP contribution in [0.3, 0.4) is 0 Å². The van der Waals surface area contributed by atoms with E-state index in [4.69, 9.17) is 4.52 Å². The highest BCUT2D eigenvalue weighted by molar-refractivity contribution is 5.92. The highest BCUT2D eigenvalue weighted by Crippen LogP contribution is 2.40. The van der Waals surface area contributed by atoms with Crippen LogP contribution in [0.15, 0.2) is 34.9 Å². The molecule has 1 fully saturated rings. The lowest BCUT2D eigenvalue weighted by Crippen LogP contribution is -2.34. The molecule has 2 aromatic rings. The summed E-state index contributed by atoms with van der Waals surface area (Å²) in [6.07, 6.45) is 2.17. The molecule has 1 amide bonds. The van der Waals surface area contributed by atoms with E-state index < -0.39 is 6.10 Å². The number of nitrogens with zero attached hydrogens (tertiary/aromatic N) is 1. The van der Waals surface area contributed by atoms with Crippen LogP contribution in [-0.2, 0) is 6.42 Å². The standard InChI is InChI=1S/C16H16N2O3/c19-13-7-10-3-1-2-4-11(10)15(13)17-16(20)12-8-14(21-18-12)9-5-6-9/h1-4,8-9,13,15,19H,5-7H2,(H,17,20)/t13-,15+/m0/s1. The Morgan fingerprint density at radius 1 is 1.33 bits per heavy atom. The maximum absolute atomic E-state index is 12.3. The number of rotatable bonds is 3. The first-order valence-corrected chi connectivity index (χ1v) is 7.25. The average Bonchev–Trinajstić information content (AvgIpc) is 3.13. The molecule has 5 nitrogen and oxygen atoms in total. The van der Waals surface area contributed by atoms with Crippen molar-refractivity contribution in [1.82, 2.24) is 10.5 Å². The van der Waals surface area contributed by atoms with E-state index in [-0.39, 0.29) is 17.6 Å². The first kappa shape index (κ1) is 12.6. The first-order chi connectivity index (χ1) is 10.2. The average molecular weight is 284 g/mol. The predicted octanol–water partition coefficient (Wildman–Crippen LogP) is 1.94. The smallest absolute Gasteiger partial charge is 0.274 e. The Morgan fingerprint density at radius 2 is 2.14 bits per heavy atom. The number of nitrogens with one attached hydrogen (secondary N) is 1. The van der Waals surface area contributed by atoms with Crippen molar-refractivity contribution in [3.63, 3.8) is 0 Å². The molecule has 1 saturated carbocycles. The zero-order chi connectivity index (χ0) is 14.4. The number of aliphatic hydroxyl groups excluding tert-OH is 1. The molecule has 5 heteroatoms. The Morgan fingerprint density at radius 3 is 2.95 bits per heavy atom.